The Labute approximate surface area is 112 Å². The van der Waals surface area contributed by atoms with Crippen molar-refractivity contribution < 1.29 is 19.1 Å². The van der Waals surface area contributed by atoms with Crippen LogP contribution in [0.3, 0.4) is 0 Å². The fourth-order valence-electron chi connectivity index (χ4n) is 1.16. The van der Waals surface area contributed by atoms with Gasteiger partial charge in [-0.3, -0.25) is 0 Å². The van der Waals surface area contributed by atoms with Crippen molar-refractivity contribution in [2.24, 2.45) is 0 Å². The van der Waals surface area contributed by atoms with Crippen molar-refractivity contribution in [3.63, 3.8) is 0 Å². The van der Waals surface area contributed by atoms with Gasteiger partial charge in [0.1, 0.15) is 0 Å². The molecule has 5 heteroatoms. The van der Waals surface area contributed by atoms with E-state index in [1.807, 2.05) is 20.8 Å². The van der Waals surface area contributed by atoms with Crippen molar-refractivity contribution in [1.82, 2.24) is 0 Å². The summed E-state index contributed by atoms with van der Waals surface area (Å²) in [5, 5.41) is 0. The van der Waals surface area contributed by atoms with Gasteiger partial charge >= 0.3 is 112 Å². The fraction of sp³-hybridized carbons (Fsp3) is 0.818. The van der Waals surface area contributed by atoms with E-state index in [1.54, 1.807) is 13.8 Å². The molecule has 0 bridgehead atoms. The zero-order valence-corrected chi connectivity index (χ0v) is 13.8. The molecule has 0 heterocycles. The molecule has 4 nitrogen and oxygen atoms in total. The van der Waals surface area contributed by atoms with Crippen molar-refractivity contribution in [3.8, 4) is 0 Å². The third-order valence-corrected chi connectivity index (χ3v) is 2.89. The third kappa shape index (κ3) is 5.89. The molecule has 0 aliphatic rings. The van der Waals surface area contributed by atoms with Crippen LogP contribution in [0.5, 0.6) is 0 Å². The van der Waals surface area contributed by atoms with E-state index in [2.05, 4.69) is 0 Å². The molecule has 0 aliphatic heterocycles. The molecule has 0 aliphatic carbocycles. The first-order valence-corrected chi connectivity index (χ1v) is 7.31. The van der Waals surface area contributed by atoms with E-state index in [1.165, 1.54) is 0 Å². The Bertz CT molecular complexity index is 250. The molecule has 0 aromatic heterocycles. The van der Waals surface area contributed by atoms with Crippen LogP contribution < -0.4 is 0 Å². The van der Waals surface area contributed by atoms with Crippen LogP contribution >= 0.6 is 0 Å². The Hall–Kier alpha value is -0.0299. The summed E-state index contributed by atoms with van der Waals surface area (Å²) >= 11 is 0.838. The molecule has 0 saturated carbocycles. The number of hydrogen-bond donors (Lipinski definition) is 0. The molecule has 0 fully saturated rings. The second kappa shape index (κ2) is 7.33. The molecule has 0 amide bonds. The third-order valence-electron chi connectivity index (χ3n) is 1.95. The molecular weight excluding hydrogens is 311 g/mol. The molecule has 0 saturated heterocycles. The van der Waals surface area contributed by atoms with Crippen LogP contribution in [0.1, 0.15) is 34.6 Å². The second-order valence-corrected chi connectivity index (χ2v) is 6.95. The Kier molecular flexibility index (Phi) is 7.31. The van der Waals surface area contributed by atoms with Crippen LogP contribution in [0.4, 0.5) is 0 Å². The number of rotatable bonds is 6. The summed E-state index contributed by atoms with van der Waals surface area (Å²) < 4.78 is 10.3. The van der Waals surface area contributed by atoms with Gasteiger partial charge in [0.05, 0.1) is 0 Å². The number of hydrogen-bond acceptors (Lipinski definition) is 4. The SMILES string of the molecule is CC(C)O[C@H](C)C(=O)O[C@H](C)C(=O)[CH](C)[In]. The molecule has 0 rings (SSSR count). The number of carbonyl (C=O) groups is 2. The molecular formula is C11H19InO4. The number of Topliss-reactive ketones (excluding diaryl/α,β-unsaturated/α-hetero) is 1. The van der Waals surface area contributed by atoms with Crippen molar-refractivity contribution >= 4 is 36.1 Å². The van der Waals surface area contributed by atoms with Gasteiger partial charge in [0.15, 0.2) is 0 Å². The fourth-order valence-corrected chi connectivity index (χ4v) is 1.94. The van der Waals surface area contributed by atoms with Crippen molar-refractivity contribution in [2.45, 2.75) is 56.6 Å². The zero-order valence-electron chi connectivity index (χ0n) is 10.5. The van der Waals surface area contributed by atoms with Crippen molar-refractivity contribution in [1.29, 1.82) is 0 Å². The number of ether oxygens (including phenoxy) is 2. The van der Waals surface area contributed by atoms with Gasteiger partial charge in [0, 0.05) is 0 Å². The Morgan fingerprint density at radius 3 is 1.88 bits per heavy atom. The number of esters is 1. The summed E-state index contributed by atoms with van der Waals surface area (Å²) in [6.07, 6.45) is -1.33. The standard InChI is InChI=1S/C11H19O4.In/c1-6-10(12)8(4)15-11(13)9(5)14-7(2)3;/h6-9H,1-5H3;/t8-,9-;/m1./s1. The summed E-state index contributed by atoms with van der Waals surface area (Å²) in [5.41, 5.74) is 0. The van der Waals surface area contributed by atoms with Crippen molar-refractivity contribution in [3.05, 3.63) is 0 Å². The molecule has 1 unspecified atom stereocenters. The van der Waals surface area contributed by atoms with Crippen molar-refractivity contribution in [2.75, 3.05) is 0 Å². The van der Waals surface area contributed by atoms with Gasteiger partial charge in [-0.15, -0.1) is 0 Å². The summed E-state index contributed by atoms with van der Waals surface area (Å²) in [5.74, 6) is -0.497. The summed E-state index contributed by atoms with van der Waals surface area (Å²) in [6, 6.07) is 0. The van der Waals surface area contributed by atoms with Crippen LogP contribution in [0, 0.1) is 0 Å². The predicted octanol–water partition coefficient (Wildman–Crippen LogP) is 1.28. The van der Waals surface area contributed by atoms with Gasteiger partial charge in [-0.1, -0.05) is 0 Å². The maximum absolute atomic E-state index is 11.5. The Balaban J connectivity index is 4.18. The first-order chi connectivity index (χ1) is 7.25. The topological polar surface area (TPSA) is 52.6 Å². The molecule has 0 N–H and O–H groups in total. The van der Waals surface area contributed by atoms with Gasteiger partial charge in [0.2, 0.25) is 0 Å². The number of ketones is 1. The number of carbonyl (C=O) groups excluding carboxylic acids is 2. The average molecular weight is 330 g/mol. The minimum absolute atomic E-state index is 0.00507. The Morgan fingerprint density at radius 2 is 1.50 bits per heavy atom. The molecule has 16 heavy (non-hydrogen) atoms. The quantitative estimate of drug-likeness (QED) is 0.689. The summed E-state index contributed by atoms with van der Waals surface area (Å²) in [7, 11) is 0. The van der Waals surface area contributed by atoms with E-state index in [-0.39, 0.29) is 15.6 Å². The summed E-state index contributed by atoms with van der Waals surface area (Å²) in [6.45, 7) is 8.76. The molecule has 2 radical (unpaired) electrons. The van der Waals surface area contributed by atoms with E-state index < -0.39 is 18.2 Å². The van der Waals surface area contributed by atoms with Crippen LogP contribution in [0.25, 0.3) is 0 Å². The van der Waals surface area contributed by atoms with Gasteiger partial charge in [-0.25, -0.2) is 0 Å². The second-order valence-electron chi connectivity index (χ2n) is 4.10. The molecule has 0 aromatic carbocycles. The van der Waals surface area contributed by atoms with Crippen LogP contribution in [0.15, 0.2) is 0 Å². The van der Waals surface area contributed by atoms with Crippen LogP contribution in [-0.4, -0.2) is 54.4 Å². The molecule has 0 spiro atoms. The monoisotopic (exact) mass is 330 g/mol. The first-order valence-electron chi connectivity index (χ1n) is 5.41. The molecule has 90 valence electrons. The van der Waals surface area contributed by atoms with E-state index in [0.717, 1.165) is 24.4 Å². The van der Waals surface area contributed by atoms with Gasteiger partial charge in [0.25, 0.3) is 0 Å². The minimum atomic E-state index is -0.671. The maximum atomic E-state index is 11.5. The molecule has 0 aromatic rings. The van der Waals surface area contributed by atoms with E-state index >= 15 is 0 Å². The first kappa shape index (κ1) is 16.0. The van der Waals surface area contributed by atoms with Gasteiger partial charge < -0.3 is 0 Å². The van der Waals surface area contributed by atoms with Gasteiger partial charge in [-0.05, 0) is 0 Å². The Morgan fingerprint density at radius 1 is 1.00 bits per heavy atom. The zero-order chi connectivity index (χ0) is 12.9. The predicted molar refractivity (Wildman–Crippen MR) is 61.4 cm³/mol. The normalized spacial score (nSPS) is 16.6. The van der Waals surface area contributed by atoms with E-state index in [9.17, 15) is 9.59 Å². The molecule has 3 atom stereocenters. The van der Waals surface area contributed by atoms with E-state index in [0.29, 0.717) is 0 Å². The summed E-state index contributed by atoms with van der Waals surface area (Å²) in [4.78, 5) is 23.1. The van der Waals surface area contributed by atoms with E-state index in [4.69, 9.17) is 9.47 Å². The van der Waals surface area contributed by atoms with Crippen LogP contribution in [-0.2, 0) is 19.1 Å². The van der Waals surface area contributed by atoms with Crippen LogP contribution in [0.2, 0.25) is 3.67 Å². The van der Waals surface area contributed by atoms with Gasteiger partial charge in [-0.2, -0.15) is 0 Å². The average Bonchev–Trinajstić information content (AvgIpc) is 2.14.